The van der Waals surface area contributed by atoms with Gasteiger partial charge in [-0.25, -0.2) is 0 Å². The smallest absolute Gasteiger partial charge is 0.300 e. The van der Waals surface area contributed by atoms with Crippen LogP contribution in [0.25, 0.3) is 0 Å². The normalized spacial score (nSPS) is 9.06. The van der Waals surface area contributed by atoms with E-state index in [0.29, 0.717) is 0 Å². The Morgan fingerprint density at radius 2 is 0.677 bits per heavy atom. The van der Waals surface area contributed by atoms with Crippen LogP contribution in [0, 0.1) is 0 Å². The van der Waals surface area contributed by atoms with Gasteiger partial charge in [0.15, 0.2) is 0 Å². The molecule has 0 radical (unpaired) electrons. The Morgan fingerprint density at radius 1 is 0.516 bits per heavy atom. The second-order valence-corrected chi connectivity index (χ2v) is 9.04. The van der Waals surface area contributed by atoms with E-state index in [1.165, 1.54) is 21.2 Å². The third kappa shape index (κ3) is 13.0. The first-order valence-corrected chi connectivity index (χ1v) is 11.6. The van der Waals surface area contributed by atoms with Gasteiger partial charge in [0.05, 0.1) is 0 Å². The van der Waals surface area contributed by atoms with E-state index in [0.717, 1.165) is 24.1 Å². The Morgan fingerprint density at radius 3 is 0.839 bits per heavy atom. The summed E-state index contributed by atoms with van der Waals surface area (Å²) in [5.74, 6) is -0.833. The second-order valence-electron chi connectivity index (χ2n) is 6.23. The summed E-state index contributed by atoms with van der Waals surface area (Å²) >= 11 is 0. The fourth-order valence-electron chi connectivity index (χ4n) is 2.42. The van der Waals surface area contributed by atoms with Crippen LogP contribution in [0.2, 0.25) is 0 Å². The molecule has 0 bridgehead atoms. The topological polar surface area (TPSA) is 37.3 Å². The molecule has 0 unspecified atom stereocenters. The Hall–Kier alpha value is -2.13. The van der Waals surface area contributed by atoms with E-state index in [1.54, 1.807) is 0 Å². The molecule has 0 saturated carbocycles. The SMILES string of the molecule is CC(=O)O.[Pd].c1ccc(Pc2ccccc2)cc1.c1ccc(Pc2ccccc2)cc1. The maximum absolute atomic E-state index is 9.00. The minimum absolute atomic E-state index is 0. The van der Waals surface area contributed by atoms with Crippen molar-refractivity contribution >= 4 is 44.3 Å². The van der Waals surface area contributed by atoms with Crippen LogP contribution in [0.3, 0.4) is 0 Å². The van der Waals surface area contributed by atoms with Crippen LogP contribution in [0.4, 0.5) is 0 Å². The number of benzene rings is 4. The maximum Gasteiger partial charge on any atom is 0.300 e. The quantitative estimate of drug-likeness (QED) is 0.302. The third-order valence-electron chi connectivity index (χ3n) is 3.67. The first kappa shape index (κ1) is 26.9. The molecule has 4 aromatic rings. The molecular formula is C26H26O2P2Pd. The van der Waals surface area contributed by atoms with Gasteiger partial charge in [-0.1, -0.05) is 138 Å². The summed E-state index contributed by atoms with van der Waals surface area (Å²) in [7, 11) is 1.55. The Labute approximate surface area is 202 Å². The zero-order valence-corrected chi connectivity index (χ0v) is 20.8. The van der Waals surface area contributed by atoms with Gasteiger partial charge < -0.3 is 5.11 Å². The molecule has 31 heavy (non-hydrogen) atoms. The summed E-state index contributed by atoms with van der Waals surface area (Å²) in [6, 6.07) is 42.3. The molecule has 0 spiro atoms. The van der Waals surface area contributed by atoms with Gasteiger partial charge in [0, 0.05) is 27.3 Å². The molecule has 2 nitrogen and oxygen atoms in total. The van der Waals surface area contributed by atoms with Crippen LogP contribution in [-0.4, -0.2) is 11.1 Å². The molecule has 0 aliphatic heterocycles. The third-order valence-corrected chi connectivity index (χ3v) is 6.16. The summed E-state index contributed by atoms with van der Waals surface area (Å²) in [5.41, 5.74) is 0. The van der Waals surface area contributed by atoms with Crippen molar-refractivity contribution in [2.24, 2.45) is 0 Å². The Balaban J connectivity index is 0.000000258. The van der Waals surface area contributed by atoms with E-state index in [4.69, 9.17) is 9.90 Å². The van der Waals surface area contributed by atoms with E-state index in [-0.39, 0.29) is 20.4 Å². The summed E-state index contributed by atoms with van der Waals surface area (Å²) in [5, 5.41) is 13.0. The van der Waals surface area contributed by atoms with E-state index in [1.807, 2.05) is 0 Å². The van der Waals surface area contributed by atoms with Crippen molar-refractivity contribution in [3.8, 4) is 0 Å². The molecule has 1 N–H and O–H groups in total. The van der Waals surface area contributed by atoms with E-state index in [9.17, 15) is 0 Å². The number of hydrogen-bond acceptors (Lipinski definition) is 1. The van der Waals surface area contributed by atoms with E-state index in [2.05, 4.69) is 121 Å². The van der Waals surface area contributed by atoms with E-state index >= 15 is 0 Å². The van der Waals surface area contributed by atoms with E-state index < -0.39 is 5.97 Å². The maximum atomic E-state index is 9.00. The van der Waals surface area contributed by atoms with Crippen LogP contribution < -0.4 is 21.2 Å². The van der Waals surface area contributed by atoms with Gasteiger partial charge in [-0.2, -0.15) is 0 Å². The van der Waals surface area contributed by atoms with Gasteiger partial charge in [0.25, 0.3) is 5.97 Å². The van der Waals surface area contributed by atoms with Crippen molar-refractivity contribution in [1.82, 2.24) is 0 Å². The van der Waals surface area contributed by atoms with Gasteiger partial charge in [0.1, 0.15) is 0 Å². The fourth-order valence-corrected chi connectivity index (χ4v) is 4.52. The van der Waals surface area contributed by atoms with Crippen molar-refractivity contribution in [3.05, 3.63) is 121 Å². The van der Waals surface area contributed by atoms with Crippen molar-refractivity contribution in [1.29, 1.82) is 0 Å². The molecule has 0 aromatic heterocycles. The predicted octanol–water partition coefficient (Wildman–Crippen LogP) is 4.72. The van der Waals surface area contributed by atoms with Crippen molar-refractivity contribution < 1.29 is 30.3 Å². The van der Waals surface area contributed by atoms with Gasteiger partial charge in [-0.15, -0.1) is 0 Å². The summed E-state index contributed by atoms with van der Waals surface area (Å²) in [4.78, 5) is 9.00. The predicted molar refractivity (Wildman–Crippen MR) is 134 cm³/mol. The molecule has 4 aromatic carbocycles. The summed E-state index contributed by atoms with van der Waals surface area (Å²) < 4.78 is 0. The molecule has 0 atom stereocenters. The summed E-state index contributed by atoms with van der Waals surface area (Å²) in [6.45, 7) is 1.08. The first-order valence-electron chi connectivity index (χ1n) is 9.57. The molecule has 0 aliphatic carbocycles. The number of rotatable bonds is 4. The zero-order chi connectivity index (χ0) is 21.4. The van der Waals surface area contributed by atoms with Gasteiger partial charge in [-0.05, 0) is 21.2 Å². The van der Waals surface area contributed by atoms with Crippen LogP contribution in [0.5, 0.6) is 0 Å². The largest absolute Gasteiger partial charge is 0.481 e. The number of carboxylic acid groups (broad SMARTS) is 1. The van der Waals surface area contributed by atoms with Crippen LogP contribution >= 0.6 is 17.2 Å². The van der Waals surface area contributed by atoms with Gasteiger partial charge in [-0.3, -0.25) is 4.79 Å². The zero-order valence-electron chi connectivity index (χ0n) is 17.2. The molecule has 4 rings (SSSR count). The molecule has 0 saturated heterocycles. The van der Waals surface area contributed by atoms with Crippen molar-refractivity contribution in [2.45, 2.75) is 6.92 Å². The Bertz CT molecular complexity index is 811. The number of aliphatic carboxylic acids is 1. The molecule has 5 heteroatoms. The van der Waals surface area contributed by atoms with Gasteiger partial charge >= 0.3 is 0 Å². The van der Waals surface area contributed by atoms with Gasteiger partial charge in [0.2, 0.25) is 0 Å². The molecule has 0 aliphatic rings. The molecule has 0 fully saturated rings. The number of carboxylic acids is 1. The first-order chi connectivity index (χ1) is 14.6. The molecule has 0 amide bonds. The average molecular weight is 539 g/mol. The fraction of sp³-hybridized carbons (Fsp3) is 0.0385. The monoisotopic (exact) mass is 538 g/mol. The summed E-state index contributed by atoms with van der Waals surface area (Å²) in [6.07, 6.45) is 0. The second kappa shape index (κ2) is 16.6. The minimum atomic E-state index is -0.833. The number of hydrogen-bond donors (Lipinski definition) is 1. The molecular weight excluding hydrogens is 513 g/mol. The Kier molecular flexibility index (Phi) is 14.4. The van der Waals surface area contributed by atoms with Crippen molar-refractivity contribution in [2.75, 3.05) is 0 Å². The molecule has 162 valence electrons. The number of carbonyl (C=O) groups is 1. The standard InChI is InChI=1S/2C12H11P.C2H4O2.Pd/c2*1-3-7-11(8-4-1)13-12-9-5-2-6-10-12;1-2(3)4;/h2*1-10,13H;1H3,(H,3,4);. The van der Waals surface area contributed by atoms with Crippen LogP contribution in [0.1, 0.15) is 6.92 Å². The van der Waals surface area contributed by atoms with Crippen LogP contribution in [-0.2, 0) is 25.2 Å². The minimum Gasteiger partial charge on any atom is -0.481 e. The average Bonchev–Trinajstić information content (AvgIpc) is 2.77. The van der Waals surface area contributed by atoms with Crippen LogP contribution in [0.15, 0.2) is 121 Å². The van der Waals surface area contributed by atoms with Crippen molar-refractivity contribution in [3.63, 3.8) is 0 Å². The molecule has 0 heterocycles.